The van der Waals surface area contributed by atoms with Crippen LogP contribution in [0.15, 0.2) is 22.8 Å². The third kappa shape index (κ3) is 1.63. The fourth-order valence-electron chi connectivity index (χ4n) is 1.52. The molecule has 0 unspecified atom stereocenters. The number of nitrogen functional groups attached to an aromatic ring is 1. The number of pyridine rings is 1. The number of halogens is 2. The van der Waals surface area contributed by atoms with Gasteiger partial charge in [-0.25, -0.2) is 4.39 Å². The summed E-state index contributed by atoms with van der Waals surface area (Å²) in [6.07, 6.45) is 1.45. The Morgan fingerprint density at radius 3 is 2.87 bits per heavy atom. The summed E-state index contributed by atoms with van der Waals surface area (Å²) in [4.78, 5) is 3.97. The van der Waals surface area contributed by atoms with Gasteiger partial charge in [-0.05, 0) is 12.1 Å². The number of nitrogens with one attached hydrogen (secondary N) is 1. The van der Waals surface area contributed by atoms with E-state index >= 15 is 0 Å². The molecule has 0 saturated heterocycles. The Morgan fingerprint density at radius 1 is 1.47 bits per heavy atom. The van der Waals surface area contributed by atoms with Gasteiger partial charge in [0.15, 0.2) is 5.82 Å². The molecule has 0 spiro atoms. The van der Waals surface area contributed by atoms with Gasteiger partial charge in [-0.3, -0.25) is 4.98 Å². The molecule has 3 nitrogen and oxygen atoms in total. The summed E-state index contributed by atoms with van der Waals surface area (Å²) < 4.78 is 14.2. The Morgan fingerprint density at radius 2 is 2.20 bits per heavy atom. The summed E-state index contributed by atoms with van der Waals surface area (Å²) in [5.41, 5.74) is 7.25. The highest BCUT2D eigenvalue weighted by molar-refractivity contribution is 9.10. The second kappa shape index (κ2) is 3.66. The lowest BCUT2D eigenvalue weighted by atomic mass is 10.1. The second-order valence-electron chi connectivity index (χ2n) is 3.12. The van der Waals surface area contributed by atoms with Crippen LogP contribution in [-0.2, 0) is 0 Å². The van der Waals surface area contributed by atoms with Gasteiger partial charge >= 0.3 is 0 Å². The van der Waals surface area contributed by atoms with Gasteiger partial charge in [0.2, 0.25) is 0 Å². The Kier molecular flexibility index (Phi) is 2.48. The Balaban J connectivity index is 2.91. The van der Waals surface area contributed by atoms with Crippen molar-refractivity contribution in [1.82, 2.24) is 4.98 Å². The van der Waals surface area contributed by atoms with Crippen molar-refractivity contribution in [2.24, 2.45) is 0 Å². The number of aromatic nitrogens is 1. The Bertz CT molecular complexity index is 528. The zero-order chi connectivity index (χ0) is 11.0. The third-order valence-electron chi connectivity index (χ3n) is 2.17. The van der Waals surface area contributed by atoms with Crippen LogP contribution in [0.4, 0.5) is 15.8 Å². The van der Waals surface area contributed by atoms with Crippen LogP contribution in [0.25, 0.3) is 10.9 Å². The molecule has 0 aliphatic carbocycles. The van der Waals surface area contributed by atoms with E-state index in [1.54, 1.807) is 13.1 Å². The Hall–Kier alpha value is -1.36. The molecule has 0 amide bonds. The third-order valence-corrected chi connectivity index (χ3v) is 2.63. The molecule has 0 aliphatic rings. The van der Waals surface area contributed by atoms with Gasteiger partial charge in [0.05, 0.1) is 17.6 Å². The van der Waals surface area contributed by atoms with Crippen molar-refractivity contribution in [1.29, 1.82) is 0 Å². The lowest BCUT2D eigenvalue weighted by Gasteiger charge is -2.09. The van der Waals surface area contributed by atoms with Gasteiger partial charge in [-0.1, -0.05) is 15.9 Å². The number of nitrogens with two attached hydrogens (primary N) is 1. The van der Waals surface area contributed by atoms with Crippen molar-refractivity contribution in [2.75, 3.05) is 18.1 Å². The fraction of sp³-hybridized carbons (Fsp3) is 0.100. The van der Waals surface area contributed by atoms with Crippen molar-refractivity contribution in [3.63, 3.8) is 0 Å². The fourth-order valence-corrected chi connectivity index (χ4v) is 1.95. The highest BCUT2D eigenvalue weighted by Crippen LogP contribution is 2.31. The predicted octanol–water partition coefficient (Wildman–Crippen LogP) is 2.76. The average Bonchev–Trinajstić information content (AvgIpc) is 2.17. The molecule has 0 aliphatic heterocycles. The molecule has 0 atom stereocenters. The topological polar surface area (TPSA) is 50.9 Å². The molecule has 1 aromatic carbocycles. The maximum atomic E-state index is 13.5. The van der Waals surface area contributed by atoms with Gasteiger partial charge in [-0.15, -0.1) is 0 Å². The normalized spacial score (nSPS) is 10.6. The van der Waals surface area contributed by atoms with E-state index in [9.17, 15) is 4.39 Å². The predicted molar refractivity (Wildman–Crippen MR) is 63.4 cm³/mol. The first-order chi connectivity index (χ1) is 7.13. The largest absolute Gasteiger partial charge is 0.396 e. The zero-order valence-electron chi connectivity index (χ0n) is 8.01. The first kappa shape index (κ1) is 10.2. The number of fused-ring (bicyclic) bond motifs is 1. The molecule has 3 N–H and O–H groups in total. The van der Waals surface area contributed by atoms with Crippen LogP contribution >= 0.6 is 15.9 Å². The molecule has 0 bridgehead atoms. The summed E-state index contributed by atoms with van der Waals surface area (Å²) in [6, 6.07) is 3.17. The first-order valence-corrected chi connectivity index (χ1v) is 5.13. The molecule has 15 heavy (non-hydrogen) atoms. The molecule has 2 aromatic rings. The molecule has 78 valence electrons. The van der Waals surface area contributed by atoms with E-state index in [1.807, 2.05) is 0 Å². The number of hydrogen-bond donors (Lipinski definition) is 2. The lowest BCUT2D eigenvalue weighted by molar-refractivity contribution is 0.636. The summed E-state index contributed by atoms with van der Waals surface area (Å²) >= 11 is 3.23. The molecule has 2 rings (SSSR count). The maximum Gasteiger partial charge on any atom is 0.150 e. The molecular weight excluding hydrogens is 261 g/mol. The smallest absolute Gasteiger partial charge is 0.150 e. The molecular formula is C10H9BrFN3. The quantitative estimate of drug-likeness (QED) is 0.837. The van der Waals surface area contributed by atoms with E-state index in [4.69, 9.17) is 5.73 Å². The number of nitrogens with zero attached hydrogens (tertiary/aromatic N) is 1. The summed E-state index contributed by atoms with van der Waals surface area (Å²) in [6.45, 7) is 0. The van der Waals surface area contributed by atoms with E-state index < -0.39 is 0 Å². The van der Waals surface area contributed by atoms with Crippen molar-refractivity contribution in [3.05, 3.63) is 28.6 Å². The molecule has 5 heteroatoms. The molecule has 1 heterocycles. The minimum atomic E-state index is -0.365. The van der Waals surface area contributed by atoms with E-state index in [-0.39, 0.29) is 5.82 Å². The summed E-state index contributed by atoms with van der Waals surface area (Å²) in [5.74, 6) is -0.365. The van der Waals surface area contributed by atoms with Crippen LogP contribution in [0.2, 0.25) is 0 Å². The number of hydrogen-bond acceptors (Lipinski definition) is 3. The van der Waals surface area contributed by atoms with Gasteiger partial charge in [0.25, 0.3) is 0 Å². The number of benzene rings is 1. The van der Waals surface area contributed by atoms with Crippen LogP contribution in [0.3, 0.4) is 0 Å². The van der Waals surface area contributed by atoms with Crippen LogP contribution in [-0.4, -0.2) is 12.0 Å². The minimum absolute atomic E-state index is 0.316. The highest BCUT2D eigenvalue weighted by Gasteiger charge is 2.09. The van der Waals surface area contributed by atoms with E-state index in [0.29, 0.717) is 26.8 Å². The highest BCUT2D eigenvalue weighted by atomic mass is 79.9. The van der Waals surface area contributed by atoms with Crippen LogP contribution < -0.4 is 11.1 Å². The van der Waals surface area contributed by atoms with Crippen molar-refractivity contribution < 1.29 is 4.39 Å². The first-order valence-electron chi connectivity index (χ1n) is 4.34. The lowest BCUT2D eigenvalue weighted by Crippen LogP contribution is -1.99. The molecule has 0 saturated carbocycles. The molecule has 1 aromatic heterocycles. The SMILES string of the molecule is CNc1c(N)cnc2c(F)cc(Br)cc12. The number of rotatable bonds is 1. The van der Waals surface area contributed by atoms with Crippen LogP contribution in [0, 0.1) is 5.82 Å². The van der Waals surface area contributed by atoms with Gasteiger partial charge in [-0.2, -0.15) is 0 Å². The van der Waals surface area contributed by atoms with Crippen molar-refractivity contribution in [2.45, 2.75) is 0 Å². The van der Waals surface area contributed by atoms with Crippen molar-refractivity contribution in [3.8, 4) is 0 Å². The zero-order valence-corrected chi connectivity index (χ0v) is 9.60. The average molecular weight is 270 g/mol. The molecule has 0 radical (unpaired) electrons. The minimum Gasteiger partial charge on any atom is -0.396 e. The maximum absolute atomic E-state index is 13.5. The molecule has 0 fully saturated rings. The summed E-state index contributed by atoms with van der Waals surface area (Å²) in [7, 11) is 1.74. The van der Waals surface area contributed by atoms with E-state index in [2.05, 4.69) is 26.2 Å². The van der Waals surface area contributed by atoms with Gasteiger partial charge in [0.1, 0.15) is 5.52 Å². The monoisotopic (exact) mass is 269 g/mol. The van der Waals surface area contributed by atoms with Gasteiger partial charge < -0.3 is 11.1 Å². The van der Waals surface area contributed by atoms with Crippen LogP contribution in [0.5, 0.6) is 0 Å². The van der Waals surface area contributed by atoms with Crippen molar-refractivity contribution >= 4 is 38.2 Å². The second-order valence-corrected chi connectivity index (χ2v) is 4.04. The number of anilines is 2. The van der Waals surface area contributed by atoms with E-state index in [0.717, 1.165) is 0 Å². The van der Waals surface area contributed by atoms with E-state index in [1.165, 1.54) is 12.3 Å². The van der Waals surface area contributed by atoms with Crippen LogP contribution in [0.1, 0.15) is 0 Å². The summed E-state index contributed by atoms with van der Waals surface area (Å²) in [5, 5.41) is 3.61. The Labute approximate surface area is 94.6 Å². The van der Waals surface area contributed by atoms with Gasteiger partial charge in [0, 0.05) is 16.9 Å². The standard InChI is InChI=1S/C10H9BrFN3/c1-14-10-6-2-5(11)3-7(12)9(6)15-4-8(10)13/h2-4H,13H2,1H3,(H,14,15).